The molecule has 1 aromatic rings. The van der Waals surface area contributed by atoms with E-state index < -0.39 is 12.0 Å². The van der Waals surface area contributed by atoms with Gasteiger partial charge in [0.25, 0.3) is 0 Å². The number of methoxy groups -OCH3 is 2. The van der Waals surface area contributed by atoms with Gasteiger partial charge in [0.2, 0.25) is 0 Å². The van der Waals surface area contributed by atoms with E-state index in [0.717, 1.165) is 0 Å². The third-order valence-corrected chi connectivity index (χ3v) is 3.05. The van der Waals surface area contributed by atoms with Gasteiger partial charge in [0.1, 0.15) is 6.04 Å². The van der Waals surface area contributed by atoms with Crippen LogP contribution in [0.25, 0.3) is 0 Å². The molecule has 6 heteroatoms. The summed E-state index contributed by atoms with van der Waals surface area (Å²) in [6.45, 7) is 0. The molecule has 1 aromatic carbocycles. The van der Waals surface area contributed by atoms with Crippen molar-refractivity contribution in [2.24, 2.45) is 0 Å². The minimum atomic E-state index is -0.927. The van der Waals surface area contributed by atoms with Gasteiger partial charge in [-0.2, -0.15) is 0 Å². The van der Waals surface area contributed by atoms with Crippen LogP contribution in [0, 0.1) is 0 Å². The summed E-state index contributed by atoms with van der Waals surface area (Å²) in [5.41, 5.74) is 0.691. The van der Waals surface area contributed by atoms with Gasteiger partial charge in [0.05, 0.1) is 19.2 Å². The van der Waals surface area contributed by atoms with Gasteiger partial charge in [0.15, 0.2) is 11.5 Å². The Morgan fingerprint density at radius 2 is 2.11 bits per heavy atom. The number of benzene rings is 1. The lowest BCUT2D eigenvalue weighted by Crippen LogP contribution is -2.35. The van der Waals surface area contributed by atoms with E-state index in [-0.39, 0.29) is 6.42 Å². The molecule has 100 valence electrons. The van der Waals surface area contributed by atoms with Crippen molar-refractivity contribution in [1.29, 1.82) is 0 Å². The number of hydrogen-bond donors (Lipinski definition) is 2. The average Bonchev–Trinajstić information content (AvgIpc) is 2.36. The topological polar surface area (TPSA) is 67.8 Å². The fourth-order valence-corrected chi connectivity index (χ4v) is 1.93. The predicted octanol–water partition coefficient (Wildman–Crippen LogP) is 1.57. The summed E-state index contributed by atoms with van der Waals surface area (Å²) in [6.07, 6.45) is 0.269. The fraction of sp³-hybridized carbons (Fsp3) is 0.417. The number of ether oxygens (including phenoxy) is 2. The monoisotopic (exact) mass is 273 g/mol. The summed E-state index contributed by atoms with van der Waals surface area (Å²) in [6, 6.07) is 2.74. The Balaban J connectivity index is 3.07. The van der Waals surface area contributed by atoms with Crippen LogP contribution in [-0.2, 0) is 11.2 Å². The van der Waals surface area contributed by atoms with E-state index >= 15 is 0 Å². The highest BCUT2D eigenvalue weighted by Gasteiger charge is 2.20. The maximum Gasteiger partial charge on any atom is 0.321 e. The van der Waals surface area contributed by atoms with Crippen LogP contribution in [0.5, 0.6) is 11.5 Å². The van der Waals surface area contributed by atoms with Gasteiger partial charge in [-0.3, -0.25) is 4.79 Å². The van der Waals surface area contributed by atoms with Crippen LogP contribution in [0.15, 0.2) is 12.1 Å². The number of rotatable bonds is 6. The minimum Gasteiger partial charge on any atom is -0.493 e. The average molecular weight is 274 g/mol. The fourth-order valence-electron chi connectivity index (χ4n) is 1.62. The zero-order valence-corrected chi connectivity index (χ0v) is 11.2. The molecule has 0 amide bonds. The van der Waals surface area contributed by atoms with E-state index in [1.54, 1.807) is 19.2 Å². The summed E-state index contributed by atoms with van der Waals surface area (Å²) in [5.74, 6) is 0.00263. The number of carboxylic acid groups (broad SMARTS) is 1. The molecule has 0 aliphatic heterocycles. The third kappa shape index (κ3) is 3.05. The van der Waals surface area contributed by atoms with Gasteiger partial charge in [-0.15, -0.1) is 0 Å². The van der Waals surface area contributed by atoms with Gasteiger partial charge < -0.3 is 19.9 Å². The number of hydrogen-bond acceptors (Lipinski definition) is 4. The second-order valence-corrected chi connectivity index (χ2v) is 4.04. The summed E-state index contributed by atoms with van der Waals surface area (Å²) in [5, 5.41) is 12.1. The molecule has 0 bridgehead atoms. The highest BCUT2D eigenvalue weighted by Crippen LogP contribution is 2.37. The molecular weight excluding hydrogens is 258 g/mol. The molecule has 0 fully saturated rings. The second kappa shape index (κ2) is 6.47. The lowest BCUT2D eigenvalue weighted by Gasteiger charge is -2.15. The SMILES string of the molecule is CN[C@H](Cc1ccc(OC)c(OC)c1Cl)C(=O)O. The lowest BCUT2D eigenvalue weighted by atomic mass is 10.1. The number of carboxylic acids is 1. The normalized spacial score (nSPS) is 12.0. The van der Waals surface area contributed by atoms with Crippen LogP contribution >= 0.6 is 11.6 Å². The Bertz CT molecular complexity index is 436. The molecule has 0 heterocycles. The first kappa shape index (κ1) is 14.6. The molecule has 18 heavy (non-hydrogen) atoms. The van der Waals surface area contributed by atoms with E-state index in [2.05, 4.69) is 5.32 Å². The Hall–Kier alpha value is -1.46. The molecule has 0 saturated carbocycles. The third-order valence-electron chi connectivity index (χ3n) is 2.64. The van der Waals surface area contributed by atoms with Gasteiger partial charge in [-0.1, -0.05) is 17.7 Å². The first-order chi connectivity index (χ1) is 8.54. The first-order valence-corrected chi connectivity index (χ1v) is 5.72. The van der Waals surface area contributed by atoms with Gasteiger partial charge in [-0.05, 0) is 18.7 Å². The van der Waals surface area contributed by atoms with E-state index in [1.165, 1.54) is 14.2 Å². The van der Waals surface area contributed by atoms with E-state index in [0.29, 0.717) is 22.1 Å². The lowest BCUT2D eigenvalue weighted by molar-refractivity contribution is -0.139. The molecule has 0 aliphatic carbocycles. The smallest absolute Gasteiger partial charge is 0.321 e. The molecule has 0 aliphatic rings. The van der Waals surface area contributed by atoms with Gasteiger partial charge >= 0.3 is 5.97 Å². The molecule has 0 spiro atoms. The molecule has 1 rings (SSSR count). The molecule has 0 radical (unpaired) electrons. The van der Waals surface area contributed by atoms with Crippen LogP contribution in [0.3, 0.4) is 0 Å². The summed E-state index contributed by atoms with van der Waals surface area (Å²) in [7, 11) is 4.59. The first-order valence-electron chi connectivity index (χ1n) is 5.34. The highest BCUT2D eigenvalue weighted by molar-refractivity contribution is 6.33. The molecule has 1 atom stereocenters. The van der Waals surface area contributed by atoms with Crippen LogP contribution in [0.4, 0.5) is 0 Å². The van der Waals surface area contributed by atoms with Crippen molar-refractivity contribution >= 4 is 17.6 Å². The summed E-state index contributed by atoms with van der Waals surface area (Å²) < 4.78 is 10.3. The number of aliphatic carboxylic acids is 1. The molecule has 0 unspecified atom stereocenters. The van der Waals surface area contributed by atoms with E-state index in [4.69, 9.17) is 26.2 Å². The van der Waals surface area contributed by atoms with Crippen LogP contribution in [0.1, 0.15) is 5.56 Å². The zero-order chi connectivity index (χ0) is 13.7. The highest BCUT2D eigenvalue weighted by atomic mass is 35.5. The van der Waals surface area contributed by atoms with Crippen LogP contribution in [-0.4, -0.2) is 38.4 Å². The van der Waals surface area contributed by atoms with Crippen molar-refractivity contribution in [1.82, 2.24) is 5.32 Å². The van der Waals surface area contributed by atoms with Gasteiger partial charge in [0, 0.05) is 6.42 Å². The van der Waals surface area contributed by atoms with Crippen molar-refractivity contribution in [2.75, 3.05) is 21.3 Å². The number of likely N-dealkylation sites (N-methyl/N-ethyl adjacent to an activating group) is 1. The Morgan fingerprint density at radius 1 is 1.44 bits per heavy atom. The van der Waals surface area contributed by atoms with Crippen molar-refractivity contribution in [3.63, 3.8) is 0 Å². The maximum atomic E-state index is 11.0. The van der Waals surface area contributed by atoms with Crippen molar-refractivity contribution < 1.29 is 19.4 Å². The number of carbonyl (C=O) groups is 1. The number of halogens is 1. The Morgan fingerprint density at radius 3 is 2.56 bits per heavy atom. The quantitative estimate of drug-likeness (QED) is 0.824. The molecule has 5 nitrogen and oxygen atoms in total. The zero-order valence-electron chi connectivity index (χ0n) is 10.5. The van der Waals surface area contributed by atoms with Crippen molar-refractivity contribution in [2.45, 2.75) is 12.5 Å². The van der Waals surface area contributed by atoms with Gasteiger partial charge in [-0.25, -0.2) is 0 Å². The minimum absolute atomic E-state index is 0.269. The van der Waals surface area contributed by atoms with Crippen LogP contribution in [0.2, 0.25) is 5.02 Å². The summed E-state index contributed by atoms with van der Waals surface area (Å²) in [4.78, 5) is 11.0. The van der Waals surface area contributed by atoms with E-state index in [9.17, 15) is 4.79 Å². The summed E-state index contributed by atoms with van der Waals surface area (Å²) >= 11 is 6.17. The Labute approximate surface area is 111 Å². The predicted molar refractivity (Wildman–Crippen MR) is 68.7 cm³/mol. The van der Waals surface area contributed by atoms with Crippen molar-refractivity contribution in [3.8, 4) is 11.5 Å². The van der Waals surface area contributed by atoms with E-state index in [1.807, 2.05) is 0 Å². The number of nitrogens with one attached hydrogen (secondary N) is 1. The maximum absolute atomic E-state index is 11.0. The Kier molecular flexibility index (Phi) is 5.25. The molecular formula is C12H16ClNO4. The molecule has 2 N–H and O–H groups in total. The standard InChI is InChI=1S/C12H16ClNO4/c1-14-8(12(15)16)6-7-4-5-9(17-2)11(18-3)10(7)13/h4-5,8,14H,6H2,1-3H3,(H,15,16)/t8-/m1/s1. The largest absolute Gasteiger partial charge is 0.493 e. The molecule has 0 saturated heterocycles. The van der Waals surface area contributed by atoms with Crippen LogP contribution < -0.4 is 14.8 Å². The second-order valence-electron chi connectivity index (χ2n) is 3.66. The molecule has 0 aromatic heterocycles. The van der Waals surface area contributed by atoms with Crippen molar-refractivity contribution in [3.05, 3.63) is 22.7 Å².